The third-order valence-electron chi connectivity index (χ3n) is 3.52. The molecule has 0 spiro atoms. The van der Waals surface area contributed by atoms with Crippen molar-refractivity contribution >= 4 is 12.6 Å². The molecule has 2 unspecified atom stereocenters. The Bertz CT molecular complexity index is 224. The van der Waals surface area contributed by atoms with Crippen molar-refractivity contribution in [3.05, 3.63) is 12.3 Å². The second-order valence-electron chi connectivity index (χ2n) is 4.82. The molecule has 0 radical (unpaired) electrons. The number of thiol groups is 1. The summed E-state index contributed by atoms with van der Waals surface area (Å²) >= 11 is 4.54. The summed E-state index contributed by atoms with van der Waals surface area (Å²) in [5.41, 5.74) is 0. The Balaban J connectivity index is 1.82. The van der Waals surface area contributed by atoms with Crippen LogP contribution in [0.2, 0.25) is 0 Å². The van der Waals surface area contributed by atoms with Crippen LogP contribution in [0.3, 0.4) is 0 Å². The second-order valence-corrected chi connectivity index (χ2v) is 5.55. The number of hydrogen-bond donors (Lipinski definition) is 1. The highest BCUT2D eigenvalue weighted by Crippen LogP contribution is 2.20. The van der Waals surface area contributed by atoms with Gasteiger partial charge in [0.1, 0.15) is 0 Å². The van der Waals surface area contributed by atoms with Crippen LogP contribution < -0.4 is 0 Å². The third-order valence-corrected chi connectivity index (χ3v) is 3.94. The van der Waals surface area contributed by atoms with Gasteiger partial charge >= 0.3 is 0 Å². The highest BCUT2D eigenvalue weighted by atomic mass is 32.1. The van der Waals surface area contributed by atoms with E-state index >= 15 is 0 Å². The van der Waals surface area contributed by atoms with E-state index in [-0.39, 0.29) is 0 Å². The number of likely N-dealkylation sites (N-methyl/N-ethyl adjacent to an activating group) is 1. The predicted octanol–water partition coefficient (Wildman–Crippen LogP) is 1.99. The molecule has 15 heavy (non-hydrogen) atoms. The summed E-state index contributed by atoms with van der Waals surface area (Å²) in [5.74, 6) is 0. The summed E-state index contributed by atoms with van der Waals surface area (Å²) in [5, 5.41) is 0.575. The van der Waals surface area contributed by atoms with Gasteiger partial charge in [-0.1, -0.05) is 6.08 Å². The lowest BCUT2D eigenvalue weighted by atomic mass is 10.0. The lowest BCUT2D eigenvalue weighted by Gasteiger charge is -2.33. The van der Waals surface area contributed by atoms with Crippen LogP contribution in [0, 0.1) is 0 Å². The molecule has 0 aromatic carbocycles. The maximum absolute atomic E-state index is 4.54. The first kappa shape index (κ1) is 11.3. The molecule has 0 N–H and O–H groups in total. The summed E-state index contributed by atoms with van der Waals surface area (Å²) in [4.78, 5) is 4.87. The van der Waals surface area contributed by atoms with Gasteiger partial charge in [0.15, 0.2) is 0 Å². The van der Waals surface area contributed by atoms with Crippen molar-refractivity contribution in [1.82, 2.24) is 9.80 Å². The van der Waals surface area contributed by atoms with Gasteiger partial charge in [0.2, 0.25) is 0 Å². The molecule has 2 rings (SSSR count). The molecule has 2 aliphatic rings. The van der Waals surface area contributed by atoms with Crippen molar-refractivity contribution in [3.63, 3.8) is 0 Å². The van der Waals surface area contributed by atoms with Crippen LogP contribution >= 0.6 is 12.6 Å². The molecule has 0 saturated carbocycles. The number of likely N-dealkylation sites (tertiary alicyclic amines) is 2. The molecule has 2 aliphatic heterocycles. The number of rotatable bonds is 2. The first-order valence-electron chi connectivity index (χ1n) is 6.06. The molecule has 2 atom stereocenters. The molecule has 0 aliphatic carbocycles. The molecule has 2 nitrogen and oxygen atoms in total. The fourth-order valence-electron chi connectivity index (χ4n) is 2.50. The average molecular weight is 226 g/mol. The molecule has 3 heteroatoms. The van der Waals surface area contributed by atoms with E-state index in [1.807, 2.05) is 0 Å². The summed E-state index contributed by atoms with van der Waals surface area (Å²) in [7, 11) is 2.21. The van der Waals surface area contributed by atoms with Gasteiger partial charge in [-0.05, 0) is 38.9 Å². The minimum Gasteiger partial charge on any atom is -0.378 e. The van der Waals surface area contributed by atoms with Crippen molar-refractivity contribution < 1.29 is 0 Å². The Hall–Kier alpha value is -0.150. The van der Waals surface area contributed by atoms with Gasteiger partial charge in [0.05, 0.1) is 0 Å². The van der Waals surface area contributed by atoms with Gasteiger partial charge < -0.3 is 4.90 Å². The molecular formula is C12H22N2S. The van der Waals surface area contributed by atoms with Crippen molar-refractivity contribution in [2.24, 2.45) is 0 Å². The van der Waals surface area contributed by atoms with Crippen molar-refractivity contribution in [2.45, 2.75) is 37.0 Å². The number of hydrogen-bond acceptors (Lipinski definition) is 3. The molecule has 2 saturated heterocycles. The Morgan fingerprint density at radius 2 is 1.93 bits per heavy atom. The van der Waals surface area contributed by atoms with E-state index in [9.17, 15) is 0 Å². The SMILES string of the molecule is CN1CC(S)CCC1/C=C/N1CCCC1. The van der Waals surface area contributed by atoms with Gasteiger partial charge in [-0.15, -0.1) is 0 Å². The van der Waals surface area contributed by atoms with Crippen LogP contribution in [0.25, 0.3) is 0 Å². The van der Waals surface area contributed by atoms with Gasteiger partial charge in [-0.3, -0.25) is 4.90 Å². The van der Waals surface area contributed by atoms with Crippen LogP contribution in [0.4, 0.5) is 0 Å². The standard InChI is InChI=1S/C12H22N2S/c1-13-10-12(15)5-4-11(13)6-9-14-7-2-3-8-14/h6,9,11-12,15H,2-5,7-8,10H2,1H3/b9-6+. The molecule has 0 aromatic heterocycles. The van der Waals surface area contributed by atoms with E-state index in [0.717, 1.165) is 6.54 Å². The largest absolute Gasteiger partial charge is 0.378 e. The van der Waals surface area contributed by atoms with E-state index in [2.05, 4.69) is 41.8 Å². The maximum Gasteiger partial charge on any atom is 0.0292 e. The lowest BCUT2D eigenvalue weighted by Crippen LogP contribution is -2.40. The van der Waals surface area contributed by atoms with Crippen molar-refractivity contribution in [2.75, 3.05) is 26.7 Å². The van der Waals surface area contributed by atoms with E-state index in [1.165, 1.54) is 38.8 Å². The number of piperidine rings is 1. The van der Waals surface area contributed by atoms with Crippen LogP contribution in [-0.2, 0) is 0 Å². The lowest BCUT2D eigenvalue weighted by molar-refractivity contribution is 0.226. The fourth-order valence-corrected chi connectivity index (χ4v) is 2.90. The van der Waals surface area contributed by atoms with Crippen LogP contribution in [0.5, 0.6) is 0 Å². The zero-order chi connectivity index (χ0) is 10.7. The molecule has 2 fully saturated rings. The van der Waals surface area contributed by atoms with Gasteiger partial charge in [0.25, 0.3) is 0 Å². The highest BCUT2D eigenvalue weighted by molar-refractivity contribution is 7.81. The first-order chi connectivity index (χ1) is 7.25. The van der Waals surface area contributed by atoms with Crippen LogP contribution in [0.1, 0.15) is 25.7 Å². The van der Waals surface area contributed by atoms with Crippen LogP contribution in [-0.4, -0.2) is 47.8 Å². The monoisotopic (exact) mass is 226 g/mol. The zero-order valence-electron chi connectivity index (χ0n) is 9.60. The smallest absolute Gasteiger partial charge is 0.0292 e. The minimum atomic E-state index is 0.575. The third kappa shape index (κ3) is 3.15. The molecule has 86 valence electrons. The van der Waals surface area contributed by atoms with E-state index in [4.69, 9.17) is 0 Å². The Morgan fingerprint density at radius 3 is 2.60 bits per heavy atom. The Labute approximate surface area is 98.7 Å². The van der Waals surface area contributed by atoms with Crippen molar-refractivity contribution in [3.8, 4) is 0 Å². The van der Waals surface area contributed by atoms with Crippen LogP contribution in [0.15, 0.2) is 12.3 Å². The quantitative estimate of drug-likeness (QED) is 0.719. The minimum absolute atomic E-state index is 0.575. The van der Waals surface area contributed by atoms with E-state index in [1.54, 1.807) is 0 Å². The van der Waals surface area contributed by atoms with Gasteiger partial charge in [0, 0.05) is 30.9 Å². The summed E-state index contributed by atoms with van der Waals surface area (Å²) in [6.45, 7) is 3.63. The predicted molar refractivity (Wildman–Crippen MR) is 68.4 cm³/mol. The molecule has 0 aromatic rings. The number of nitrogens with zero attached hydrogens (tertiary/aromatic N) is 2. The van der Waals surface area contributed by atoms with Gasteiger partial charge in [-0.25, -0.2) is 0 Å². The maximum atomic E-state index is 4.54. The Morgan fingerprint density at radius 1 is 1.20 bits per heavy atom. The average Bonchev–Trinajstić information content (AvgIpc) is 2.69. The second kappa shape index (κ2) is 5.26. The summed E-state index contributed by atoms with van der Waals surface area (Å²) in [6.07, 6.45) is 9.93. The Kier molecular flexibility index (Phi) is 3.98. The topological polar surface area (TPSA) is 6.48 Å². The van der Waals surface area contributed by atoms with Crippen molar-refractivity contribution in [1.29, 1.82) is 0 Å². The van der Waals surface area contributed by atoms with E-state index in [0.29, 0.717) is 11.3 Å². The fraction of sp³-hybridized carbons (Fsp3) is 0.833. The summed E-state index contributed by atoms with van der Waals surface area (Å²) < 4.78 is 0. The normalized spacial score (nSPS) is 34.1. The zero-order valence-corrected chi connectivity index (χ0v) is 10.5. The molecule has 0 bridgehead atoms. The highest BCUT2D eigenvalue weighted by Gasteiger charge is 2.21. The molecule has 2 heterocycles. The molecular weight excluding hydrogens is 204 g/mol. The summed E-state index contributed by atoms with van der Waals surface area (Å²) in [6, 6.07) is 0.633. The van der Waals surface area contributed by atoms with Gasteiger partial charge in [-0.2, -0.15) is 12.6 Å². The van der Waals surface area contributed by atoms with E-state index < -0.39 is 0 Å². The molecule has 0 amide bonds. The first-order valence-corrected chi connectivity index (χ1v) is 6.58.